The standard InChI is InChI=1S/C9H11N5O2S/c1-4-5(9(11-3)17-14-4)8-12-6(13-16-8)7(15)10-2/h11H,1-3H3,(H,10,15). The van der Waals surface area contributed by atoms with Crippen LogP contribution in [0, 0.1) is 6.92 Å². The predicted molar refractivity (Wildman–Crippen MR) is 63.1 cm³/mol. The Labute approximate surface area is 101 Å². The van der Waals surface area contributed by atoms with Gasteiger partial charge in [-0.2, -0.15) is 9.36 Å². The second kappa shape index (κ2) is 4.50. The molecule has 0 unspecified atom stereocenters. The smallest absolute Gasteiger partial charge is 0.292 e. The Morgan fingerprint density at radius 2 is 2.18 bits per heavy atom. The third-order valence-corrected chi connectivity index (χ3v) is 3.12. The van der Waals surface area contributed by atoms with Gasteiger partial charge in [0.25, 0.3) is 17.6 Å². The molecule has 1 amide bonds. The van der Waals surface area contributed by atoms with Gasteiger partial charge in [0.1, 0.15) is 5.00 Å². The number of amides is 1. The molecule has 2 aromatic heterocycles. The number of nitrogens with zero attached hydrogens (tertiary/aromatic N) is 3. The molecule has 0 aliphatic heterocycles. The van der Waals surface area contributed by atoms with Gasteiger partial charge in [-0.1, -0.05) is 5.16 Å². The summed E-state index contributed by atoms with van der Waals surface area (Å²) < 4.78 is 9.25. The van der Waals surface area contributed by atoms with Crippen molar-refractivity contribution in [2.45, 2.75) is 6.92 Å². The summed E-state index contributed by atoms with van der Waals surface area (Å²) in [5.74, 6) is -0.0822. The number of hydrogen-bond acceptors (Lipinski definition) is 7. The summed E-state index contributed by atoms with van der Waals surface area (Å²) in [6.45, 7) is 1.84. The summed E-state index contributed by atoms with van der Waals surface area (Å²) in [6, 6.07) is 0. The van der Waals surface area contributed by atoms with Crippen LogP contribution < -0.4 is 10.6 Å². The van der Waals surface area contributed by atoms with E-state index in [4.69, 9.17) is 4.52 Å². The maximum absolute atomic E-state index is 11.3. The lowest BCUT2D eigenvalue weighted by Crippen LogP contribution is -2.19. The van der Waals surface area contributed by atoms with Gasteiger partial charge in [0.15, 0.2) is 0 Å². The number of anilines is 1. The van der Waals surface area contributed by atoms with Gasteiger partial charge in [-0.25, -0.2) is 0 Å². The molecule has 2 N–H and O–H groups in total. The highest BCUT2D eigenvalue weighted by Gasteiger charge is 2.20. The maximum atomic E-state index is 11.3. The van der Waals surface area contributed by atoms with Gasteiger partial charge >= 0.3 is 0 Å². The largest absolute Gasteiger partial charge is 0.378 e. The van der Waals surface area contributed by atoms with Crippen LogP contribution >= 0.6 is 11.5 Å². The highest BCUT2D eigenvalue weighted by molar-refractivity contribution is 7.10. The molecule has 0 fully saturated rings. The molecule has 7 nitrogen and oxygen atoms in total. The van der Waals surface area contributed by atoms with E-state index in [1.807, 2.05) is 6.92 Å². The zero-order valence-corrected chi connectivity index (χ0v) is 10.4. The van der Waals surface area contributed by atoms with E-state index in [-0.39, 0.29) is 11.7 Å². The number of aromatic nitrogens is 3. The molecule has 2 rings (SSSR count). The minimum atomic E-state index is -0.383. The molecule has 90 valence electrons. The Morgan fingerprint density at radius 3 is 2.82 bits per heavy atom. The van der Waals surface area contributed by atoms with Crippen molar-refractivity contribution in [2.75, 3.05) is 19.4 Å². The fourth-order valence-corrected chi connectivity index (χ4v) is 2.06. The fourth-order valence-electron chi connectivity index (χ4n) is 1.32. The zero-order chi connectivity index (χ0) is 12.4. The van der Waals surface area contributed by atoms with Crippen molar-refractivity contribution in [3.8, 4) is 11.5 Å². The van der Waals surface area contributed by atoms with Crippen molar-refractivity contribution in [1.29, 1.82) is 0 Å². The van der Waals surface area contributed by atoms with E-state index in [1.54, 1.807) is 7.05 Å². The number of carbonyl (C=O) groups excluding carboxylic acids is 1. The first-order chi connectivity index (χ1) is 8.17. The zero-order valence-electron chi connectivity index (χ0n) is 9.57. The van der Waals surface area contributed by atoms with Crippen molar-refractivity contribution in [3.63, 3.8) is 0 Å². The summed E-state index contributed by atoms with van der Waals surface area (Å²) in [5, 5.41) is 9.86. The van der Waals surface area contributed by atoms with Gasteiger partial charge < -0.3 is 15.2 Å². The normalized spacial score (nSPS) is 10.3. The lowest BCUT2D eigenvalue weighted by Gasteiger charge is -1.96. The van der Waals surface area contributed by atoms with Crippen LogP contribution in [0.4, 0.5) is 5.00 Å². The van der Waals surface area contributed by atoms with E-state index < -0.39 is 0 Å². The van der Waals surface area contributed by atoms with Crippen molar-refractivity contribution in [1.82, 2.24) is 19.8 Å². The van der Waals surface area contributed by atoms with E-state index in [0.717, 1.165) is 16.3 Å². The second-order valence-corrected chi connectivity index (χ2v) is 4.00. The maximum Gasteiger partial charge on any atom is 0.292 e. The fraction of sp³-hybridized carbons (Fsp3) is 0.333. The van der Waals surface area contributed by atoms with Gasteiger partial charge in [0.05, 0.1) is 11.3 Å². The van der Waals surface area contributed by atoms with Crippen LogP contribution in [0.5, 0.6) is 0 Å². The Bertz CT molecular complexity index is 547. The third-order valence-electron chi connectivity index (χ3n) is 2.16. The van der Waals surface area contributed by atoms with Crippen molar-refractivity contribution in [3.05, 3.63) is 11.5 Å². The molecule has 0 saturated heterocycles. The molecule has 0 bridgehead atoms. The Hall–Kier alpha value is -1.96. The average molecular weight is 253 g/mol. The lowest BCUT2D eigenvalue weighted by atomic mass is 10.2. The number of carbonyl (C=O) groups is 1. The van der Waals surface area contributed by atoms with Crippen LogP contribution in [0.3, 0.4) is 0 Å². The molecule has 8 heteroatoms. The van der Waals surface area contributed by atoms with E-state index >= 15 is 0 Å². The van der Waals surface area contributed by atoms with Crippen LogP contribution in [-0.2, 0) is 0 Å². The van der Waals surface area contributed by atoms with Crippen LogP contribution in [0.1, 0.15) is 16.3 Å². The summed E-state index contributed by atoms with van der Waals surface area (Å²) >= 11 is 1.30. The molecule has 0 radical (unpaired) electrons. The van der Waals surface area contributed by atoms with Crippen LogP contribution in [0.15, 0.2) is 4.52 Å². The van der Waals surface area contributed by atoms with Crippen LogP contribution in [-0.4, -0.2) is 34.5 Å². The number of rotatable bonds is 3. The Kier molecular flexibility index (Phi) is 3.05. The summed E-state index contributed by atoms with van der Waals surface area (Å²) in [6.07, 6.45) is 0. The summed E-state index contributed by atoms with van der Waals surface area (Å²) in [7, 11) is 3.29. The molecule has 0 aliphatic carbocycles. The van der Waals surface area contributed by atoms with Gasteiger partial charge in [-0.05, 0) is 18.5 Å². The van der Waals surface area contributed by atoms with Crippen LogP contribution in [0.25, 0.3) is 11.5 Å². The van der Waals surface area contributed by atoms with E-state index in [0.29, 0.717) is 5.89 Å². The van der Waals surface area contributed by atoms with E-state index in [9.17, 15) is 4.79 Å². The Morgan fingerprint density at radius 1 is 1.41 bits per heavy atom. The first-order valence-electron chi connectivity index (χ1n) is 4.87. The molecule has 0 spiro atoms. The average Bonchev–Trinajstić information content (AvgIpc) is 2.93. The number of hydrogen-bond donors (Lipinski definition) is 2. The molecule has 0 aliphatic rings. The first-order valence-corrected chi connectivity index (χ1v) is 5.65. The Balaban J connectivity index is 2.43. The molecule has 0 atom stereocenters. The molecule has 2 aromatic rings. The monoisotopic (exact) mass is 253 g/mol. The van der Waals surface area contributed by atoms with Gasteiger partial charge in [-0.15, -0.1) is 0 Å². The molecular weight excluding hydrogens is 242 g/mol. The topological polar surface area (TPSA) is 92.9 Å². The van der Waals surface area contributed by atoms with Crippen molar-refractivity contribution in [2.24, 2.45) is 0 Å². The van der Waals surface area contributed by atoms with Gasteiger partial charge in [0, 0.05) is 14.1 Å². The summed E-state index contributed by atoms with van der Waals surface area (Å²) in [4.78, 5) is 15.3. The minimum absolute atomic E-state index is 0.00940. The van der Waals surface area contributed by atoms with E-state index in [2.05, 4.69) is 25.1 Å². The van der Waals surface area contributed by atoms with Crippen LogP contribution in [0.2, 0.25) is 0 Å². The third kappa shape index (κ3) is 1.98. The molecule has 2 heterocycles. The second-order valence-electron chi connectivity index (χ2n) is 3.22. The molecule has 17 heavy (non-hydrogen) atoms. The lowest BCUT2D eigenvalue weighted by molar-refractivity contribution is 0.0950. The van der Waals surface area contributed by atoms with Crippen molar-refractivity contribution >= 4 is 22.4 Å². The highest BCUT2D eigenvalue weighted by Crippen LogP contribution is 2.32. The number of nitrogens with one attached hydrogen (secondary N) is 2. The first kappa shape index (κ1) is 11.5. The molecule has 0 aromatic carbocycles. The van der Waals surface area contributed by atoms with E-state index in [1.165, 1.54) is 18.6 Å². The van der Waals surface area contributed by atoms with Gasteiger partial charge in [-0.3, -0.25) is 4.79 Å². The van der Waals surface area contributed by atoms with Crippen molar-refractivity contribution < 1.29 is 9.32 Å². The molecule has 0 saturated carbocycles. The quantitative estimate of drug-likeness (QED) is 0.844. The highest BCUT2D eigenvalue weighted by atomic mass is 32.1. The minimum Gasteiger partial charge on any atom is -0.378 e. The molecular formula is C9H11N5O2S. The SMILES string of the molecule is CNC(=O)c1noc(-c2c(C)nsc2NC)n1. The van der Waals surface area contributed by atoms with Gasteiger partial charge in [0.2, 0.25) is 0 Å². The number of aryl methyl sites for hydroxylation is 1. The summed E-state index contributed by atoms with van der Waals surface area (Å²) in [5.41, 5.74) is 1.52. The predicted octanol–water partition coefficient (Wildman–Crippen LogP) is 0.903.